The van der Waals surface area contributed by atoms with E-state index in [4.69, 9.17) is 9.68 Å². The van der Waals surface area contributed by atoms with Crippen molar-refractivity contribution in [3.05, 3.63) is 59.5 Å². The van der Waals surface area contributed by atoms with Gasteiger partial charge in [0.1, 0.15) is 34.8 Å². The van der Waals surface area contributed by atoms with Gasteiger partial charge in [0, 0.05) is 6.07 Å². The van der Waals surface area contributed by atoms with Crippen molar-refractivity contribution in [3.8, 4) is 6.07 Å². The summed E-state index contributed by atoms with van der Waals surface area (Å²) in [6, 6.07) is 10.9. The van der Waals surface area contributed by atoms with E-state index >= 15 is 0 Å². The SMILES string of the molecule is Cc1nc(Nc2ccc(C#N)nc2)cc([C@@H]2CCCCN2Cc2ccc(B(O)O)o2)n1. The van der Waals surface area contributed by atoms with Crippen molar-refractivity contribution in [1.29, 1.82) is 5.26 Å². The standard InChI is InChI=1S/C21H23BN6O3/c1-14-25-18(10-21(26-14)27-16-6-5-15(11-23)24-12-16)19-4-2-3-9-28(19)13-17-7-8-20(31-17)22(29)30/h5-8,10,12,19,29-30H,2-4,9,13H2,1H3,(H,25,26,27)/t19-/m0/s1. The van der Waals surface area contributed by atoms with E-state index in [1.807, 2.05) is 19.1 Å². The molecule has 3 N–H and O–H groups in total. The number of pyridine rings is 1. The number of hydrogen-bond donors (Lipinski definition) is 3. The zero-order valence-corrected chi connectivity index (χ0v) is 17.2. The third-order valence-corrected chi connectivity index (χ3v) is 5.26. The molecule has 3 aromatic heterocycles. The van der Waals surface area contributed by atoms with Crippen LogP contribution < -0.4 is 11.0 Å². The van der Waals surface area contributed by atoms with Gasteiger partial charge in [0.25, 0.3) is 0 Å². The Morgan fingerprint density at radius 3 is 2.84 bits per heavy atom. The lowest BCUT2D eigenvalue weighted by Crippen LogP contribution is -2.33. The highest BCUT2D eigenvalue weighted by atomic mass is 16.4. The number of nitrogens with one attached hydrogen (secondary N) is 1. The van der Waals surface area contributed by atoms with Crippen molar-refractivity contribution in [3.63, 3.8) is 0 Å². The van der Waals surface area contributed by atoms with Crippen molar-refractivity contribution in [2.24, 2.45) is 0 Å². The molecular weight excluding hydrogens is 395 g/mol. The number of rotatable bonds is 6. The summed E-state index contributed by atoms with van der Waals surface area (Å²) in [4.78, 5) is 15.6. The minimum atomic E-state index is -1.61. The molecule has 0 spiro atoms. The van der Waals surface area contributed by atoms with Crippen LogP contribution in [0.3, 0.4) is 0 Å². The van der Waals surface area contributed by atoms with E-state index in [9.17, 15) is 10.0 Å². The molecule has 0 aliphatic carbocycles. The fraction of sp³-hybridized carbons (Fsp3) is 0.333. The Hall–Kier alpha value is -3.26. The number of hydrogen-bond acceptors (Lipinski definition) is 9. The molecule has 9 nitrogen and oxygen atoms in total. The topological polar surface area (TPSA) is 131 Å². The molecule has 1 fully saturated rings. The Bertz CT molecular complexity index is 1080. The maximum atomic E-state index is 9.29. The van der Waals surface area contributed by atoms with Gasteiger partial charge in [-0.15, -0.1) is 0 Å². The van der Waals surface area contributed by atoms with Crippen LogP contribution >= 0.6 is 0 Å². The minimum Gasteiger partial charge on any atom is -0.468 e. The first kappa shape index (κ1) is 21.0. The molecule has 3 aromatic rings. The molecule has 1 saturated heterocycles. The van der Waals surface area contributed by atoms with Crippen molar-refractivity contribution >= 4 is 24.3 Å². The summed E-state index contributed by atoms with van der Waals surface area (Å²) in [5, 5.41) is 30.7. The van der Waals surface area contributed by atoms with Crippen LogP contribution in [0.25, 0.3) is 0 Å². The molecule has 0 amide bonds. The Morgan fingerprint density at radius 2 is 2.13 bits per heavy atom. The molecule has 4 rings (SSSR count). The number of piperidine rings is 1. The van der Waals surface area contributed by atoms with Crippen LogP contribution in [0.4, 0.5) is 11.5 Å². The highest BCUT2D eigenvalue weighted by Crippen LogP contribution is 2.32. The largest absolute Gasteiger partial charge is 0.526 e. The van der Waals surface area contributed by atoms with E-state index in [0.29, 0.717) is 29.6 Å². The van der Waals surface area contributed by atoms with Gasteiger partial charge in [0.05, 0.1) is 30.2 Å². The molecule has 31 heavy (non-hydrogen) atoms. The lowest BCUT2D eigenvalue weighted by molar-refractivity contribution is 0.127. The molecule has 0 bridgehead atoms. The molecule has 1 aliphatic heterocycles. The maximum Gasteiger partial charge on any atom is 0.526 e. The van der Waals surface area contributed by atoms with Crippen LogP contribution in [-0.4, -0.2) is 43.6 Å². The van der Waals surface area contributed by atoms with Crippen molar-refractivity contribution in [2.45, 2.75) is 38.8 Å². The summed E-state index contributed by atoms with van der Waals surface area (Å²) in [5.41, 5.74) is 2.17. The molecule has 0 unspecified atom stereocenters. The monoisotopic (exact) mass is 418 g/mol. The first-order valence-corrected chi connectivity index (χ1v) is 10.2. The predicted molar refractivity (Wildman–Crippen MR) is 115 cm³/mol. The zero-order chi connectivity index (χ0) is 21.8. The van der Waals surface area contributed by atoms with E-state index < -0.39 is 7.12 Å². The fourth-order valence-electron chi connectivity index (χ4n) is 3.84. The average molecular weight is 418 g/mol. The number of aromatic nitrogens is 3. The number of anilines is 2. The lowest BCUT2D eigenvalue weighted by atomic mass is 9.88. The number of furan rings is 1. The lowest BCUT2D eigenvalue weighted by Gasteiger charge is -2.35. The Labute approximate surface area is 180 Å². The first-order chi connectivity index (χ1) is 15.0. The quantitative estimate of drug-likeness (QED) is 0.513. The normalized spacial score (nSPS) is 16.6. The molecule has 158 valence electrons. The summed E-state index contributed by atoms with van der Waals surface area (Å²) in [5.74, 6) is 2.02. The van der Waals surface area contributed by atoms with Crippen LogP contribution in [0, 0.1) is 18.3 Å². The van der Waals surface area contributed by atoms with Gasteiger partial charge >= 0.3 is 7.12 Å². The van der Waals surface area contributed by atoms with E-state index in [2.05, 4.69) is 25.2 Å². The zero-order valence-electron chi connectivity index (χ0n) is 17.2. The molecule has 1 atom stereocenters. The molecule has 0 aromatic carbocycles. The Balaban J connectivity index is 1.54. The maximum absolute atomic E-state index is 9.29. The summed E-state index contributed by atoms with van der Waals surface area (Å²) in [6.07, 6.45) is 4.75. The molecule has 0 radical (unpaired) electrons. The van der Waals surface area contributed by atoms with E-state index in [1.165, 1.54) is 0 Å². The van der Waals surface area contributed by atoms with Crippen LogP contribution in [-0.2, 0) is 6.54 Å². The Morgan fingerprint density at radius 1 is 1.26 bits per heavy atom. The summed E-state index contributed by atoms with van der Waals surface area (Å²) in [6.45, 7) is 3.32. The summed E-state index contributed by atoms with van der Waals surface area (Å²) < 4.78 is 5.56. The van der Waals surface area contributed by atoms with Gasteiger partial charge < -0.3 is 19.8 Å². The summed E-state index contributed by atoms with van der Waals surface area (Å²) >= 11 is 0. The molecule has 10 heteroatoms. The average Bonchev–Trinajstić information content (AvgIpc) is 3.23. The second-order valence-corrected chi connectivity index (χ2v) is 7.55. The fourth-order valence-corrected chi connectivity index (χ4v) is 3.84. The molecular formula is C21H23BN6O3. The second-order valence-electron chi connectivity index (χ2n) is 7.55. The molecule has 4 heterocycles. The third-order valence-electron chi connectivity index (χ3n) is 5.26. The molecule has 1 aliphatic rings. The van der Waals surface area contributed by atoms with Crippen LogP contribution in [0.15, 0.2) is 40.9 Å². The minimum absolute atomic E-state index is 0.0997. The van der Waals surface area contributed by atoms with Gasteiger partial charge in [0.15, 0.2) is 0 Å². The van der Waals surface area contributed by atoms with Crippen LogP contribution in [0.5, 0.6) is 0 Å². The van der Waals surface area contributed by atoms with Gasteiger partial charge in [0.2, 0.25) is 0 Å². The predicted octanol–water partition coefficient (Wildman–Crippen LogP) is 1.80. The number of likely N-dealkylation sites (tertiary alicyclic amines) is 1. The smallest absolute Gasteiger partial charge is 0.468 e. The van der Waals surface area contributed by atoms with Gasteiger partial charge in [-0.2, -0.15) is 5.26 Å². The Kier molecular flexibility index (Phi) is 6.27. The second kappa shape index (κ2) is 9.26. The highest BCUT2D eigenvalue weighted by molar-refractivity contribution is 6.56. The van der Waals surface area contributed by atoms with Gasteiger partial charge in [-0.1, -0.05) is 6.42 Å². The van der Waals surface area contributed by atoms with Gasteiger partial charge in [-0.05, 0) is 50.6 Å². The van der Waals surface area contributed by atoms with Crippen molar-refractivity contribution in [1.82, 2.24) is 19.9 Å². The number of nitriles is 1. The molecule has 0 saturated carbocycles. The first-order valence-electron chi connectivity index (χ1n) is 10.2. The van der Waals surface area contributed by atoms with Crippen molar-refractivity contribution in [2.75, 3.05) is 11.9 Å². The van der Waals surface area contributed by atoms with Crippen LogP contribution in [0.2, 0.25) is 0 Å². The van der Waals surface area contributed by atoms with Crippen LogP contribution in [0.1, 0.15) is 48.3 Å². The highest BCUT2D eigenvalue weighted by Gasteiger charge is 2.27. The van der Waals surface area contributed by atoms with E-state index in [1.54, 1.807) is 30.5 Å². The van der Waals surface area contributed by atoms with E-state index in [-0.39, 0.29) is 11.7 Å². The third kappa shape index (κ3) is 5.09. The van der Waals surface area contributed by atoms with Crippen molar-refractivity contribution < 1.29 is 14.5 Å². The van der Waals surface area contributed by atoms with E-state index in [0.717, 1.165) is 37.2 Å². The summed E-state index contributed by atoms with van der Waals surface area (Å²) in [7, 11) is -1.61. The van der Waals surface area contributed by atoms with Gasteiger partial charge in [-0.25, -0.2) is 15.0 Å². The number of aryl methyl sites for hydroxylation is 1. The number of nitrogens with zero attached hydrogens (tertiary/aromatic N) is 5. The van der Waals surface area contributed by atoms with Gasteiger partial charge in [-0.3, -0.25) is 4.90 Å².